The van der Waals surface area contributed by atoms with Gasteiger partial charge in [-0.2, -0.15) is 0 Å². The normalized spacial score (nSPS) is 30.7. The highest BCUT2D eigenvalue weighted by atomic mass is 32.2. The van der Waals surface area contributed by atoms with Crippen molar-refractivity contribution in [3.63, 3.8) is 0 Å². The van der Waals surface area contributed by atoms with E-state index in [0.717, 1.165) is 4.90 Å². The van der Waals surface area contributed by atoms with Crippen LogP contribution in [0.1, 0.15) is 5.56 Å². The summed E-state index contributed by atoms with van der Waals surface area (Å²) in [5.41, 5.74) is 2.72. The van der Waals surface area contributed by atoms with Crippen molar-refractivity contribution in [2.75, 3.05) is 13.7 Å². The Balaban J connectivity index is 1.67. The highest BCUT2D eigenvalue weighted by molar-refractivity contribution is 7.89. The molecule has 0 aromatic heterocycles. The van der Waals surface area contributed by atoms with Crippen LogP contribution in [0, 0.1) is 0 Å². The van der Waals surface area contributed by atoms with E-state index >= 15 is 0 Å². The van der Waals surface area contributed by atoms with Gasteiger partial charge in [-0.05, 0) is 23.8 Å². The summed E-state index contributed by atoms with van der Waals surface area (Å²) in [6, 6.07) is 4.74. The molecule has 0 radical (unpaired) electrons. The zero-order chi connectivity index (χ0) is 22.9. The van der Waals surface area contributed by atoms with E-state index in [4.69, 9.17) is 9.84 Å². The Kier molecular flexibility index (Phi) is 6.73. The van der Waals surface area contributed by atoms with Gasteiger partial charge in [0.2, 0.25) is 0 Å². The number of urea groups is 1. The maximum atomic E-state index is 12.5. The third-order valence-electron chi connectivity index (χ3n) is 4.81. The van der Waals surface area contributed by atoms with Crippen LogP contribution < -0.4 is 15.6 Å². The number of nitrogens with zero attached hydrogens (tertiary/aromatic N) is 1. The van der Waals surface area contributed by atoms with Gasteiger partial charge >= 0.3 is 6.03 Å². The fourth-order valence-corrected chi connectivity index (χ4v) is 3.83. The fraction of sp³-hybridized carbons (Fsp3) is 0.412. The number of likely N-dealkylation sites (N-methyl/N-ethyl adjacent to an activating group) is 1. The summed E-state index contributed by atoms with van der Waals surface area (Å²) in [6.45, 7) is -0.661. The van der Waals surface area contributed by atoms with E-state index in [1.165, 1.54) is 37.4 Å². The van der Waals surface area contributed by atoms with Gasteiger partial charge in [-0.15, -0.1) is 4.83 Å². The Labute approximate surface area is 176 Å². The molecular formula is C17H22N4O9S. The quantitative estimate of drug-likeness (QED) is 0.129. The molecular weight excluding hydrogens is 436 g/mol. The minimum Gasteiger partial charge on any atom is -0.394 e. The van der Waals surface area contributed by atoms with Crippen LogP contribution in [0.5, 0.6) is 0 Å². The molecule has 3 rings (SSSR count). The van der Waals surface area contributed by atoms with Crippen molar-refractivity contribution in [2.24, 2.45) is 0 Å². The summed E-state index contributed by atoms with van der Waals surface area (Å²) >= 11 is 0. The highest BCUT2D eigenvalue weighted by Gasteiger charge is 2.43. The lowest BCUT2D eigenvalue weighted by atomic mass is 9.99. The maximum Gasteiger partial charge on any atom is 0.328 e. The number of amides is 3. The molecule has 31 heavy (non-hydrogen) atoms. The molecule has 2 saturated heterocycles. The lowest BCUT2D eigenvalue weighted by Crippen LogP contribution is -2.64. The summed E-state index contributed by atoms with van der Waals surface area (Å²) < 4.78 is 30.1. The number of hydrogen-bond acceptors (Lipinski definition) is 10. The van der Waals surface area contributed by atoms with Gasteiger partial charge < -0.3 is 30.5 Å². The number of sulfonamides is 1. The Bertz CT molecular complexity index is 980. The first-order chi connectivity index (χ1) is 14.5. The number of nitrogens with one attached hydrogen (secondary N) is 3. The molecule has 13 nitrogen and oxygen atoms in total. The van der Waals surface area contributed by atoms with Crippen molar-refractivity contribution in [3.8, 4) is 0 Å². The molecule has 0 bridgehead atoms. The van der Waals surface area contributed by atoms with E-state index in [1.54, 1.807) is 0 Å². The van der Waals surface area contributed by atoms with Crippen LogP contribution in [0.25, 0.3) is 6.08 Å². The standard InChI is InChI=1S/C17H22N4O9S/c1-21-16(26)10(18-17(21)27)6-8-2-4-9(5-3-8)31(28,29)20-19-15-14(25)13(24)12(23)11(7-22)30-15/h2-6,11-15,19-20,22-25H,7H2,1H3,(H,18,27)/b10-6-/t11-,12-,13+,14-,15-/m1/s1. The first-order valence-electron chi connectivity index (χ1n) is 9.04. The van der Waals surface area contributed by atoms with E-state index in [0.29, 0.717) is 5.56 Å². The molecule has 0 spiro atoms. The van der Waals surface area contributed by atoms with E-state index in [-0.39, 0.29) is 10.6 Å². The van der Waals surface area contributed by atoms with Crippen molar-refractivity contribution in [1.29, 1.82) is 0 Å². The first-order valence-corrected chi connectivity index (χ1v) is 10.5. The number of ether oxygens (including phenoxy) is 1. The van der Waals surface area contributed by atoms with E-state index in [1.807, 2.05) is 4.83 Å². The third kappa shape index (κ3) is 4.76. The number of imide groups is 1. The second kappa shape index (κ2) is 8.97. The molecule has 3 amide bonds. The molecule has 7 N–H and O–H groups in total. The van der Waals surface area contributed by atoms with Crippen LogP contribution in [0.3, 0.4) is 0 Å². The SMILES string of the molecule is CN1C(=O)N/C(=C\c2ccc(S(=O)(=O)NN[C@@H]3O[C@H](CO)[C@@H](O)[C@H](O)[C@H]3O)cc2)C1=O. The number of hydrogen-bond donors (Lipinski definition) is 7. The predicted molar refractivity (Wildman–Crippen MR) is 103 cm³/mol. The number of carbonyl (C=O) groups excluding carboxylic acids is 2. The summed E-state index contributed by atoms with van der Waals surface area (Å²) in [5.74, 6) is -0.521. The fourth-order valence-electron chi connectivity index (χ4n) is 2.95. The number of hydrazine groups is 1. The Hall–Kier alpha value is -2.43. The van der Waals surface area contributed by atoms with Gasteiger partial charge in [0.1, 0.15) is 30.1 Å². The molecule has 2 aliphatic rings. The lowest BCUT2D eigenvalue weighted by molar-refractivity contribution is -0.237. The van der Waals surface area contributed by atoms with Crippen LogP contribution >= 0.6 is 0 Å². The number of aliphatic hydroxyl groups is 4. The van der Waals surface area contributed by atoms with Gasteiger partial charge in [-0.1, -0.05) is 12.1 Å². The van der Waals surface area contributed by atoms with Gasteiger partial charge in [0.25, 0.3) is 15.9 Å². The molecule has 2 heterocycles. The average molecular weight is 458 g/mol. The minimum atomic E-state index is -4.14. The zero-order valence-electron chi connectivity index (χ0n) is 16.2. The topological polar surface area (TPSA) is 198 Å². The van der Waals surface area contributed by atoms with Crippen LogP contribution in [0.2, 0.25) is 0 Å². The second-order valence-electron chi connectivity index (χ2n) is 6.92. The van der Waals surface area contributed by atoms with E-state index in [2.05, 4.69) is 10.7 Å². The maximum absolute atomic E-state index is 12.5. The van der Waals surface area contributed by atoms with Crippen molar-refractivity contribution in [3.05, 3.63) is 35.5 Å². The summed E-state index contributed by atoms with van der Waals surface area (Å²) in [6.07, 6.45) is -6.17. The van der Waals surface area contributed by atoms with Gasteiger partial charge in [-0.25, -0.2) is 18.6 Å². The Morgan fingerprint density at radius 3 is 2.32 bits per heavy atom. The monoisotopic (exact) mass is 458 g/mol. The van der Waals surface area contributed by atoms with E-state index < -0.39 is 59.2 Å². The molecule has 2 aliphatic heterocycles. The summed E-state index contributed by atoms with van der Waals surface area (Å²) in [4.78, 5) is 26.1. The average Bonchev–Trinajstić information content (AvgIpc) is 2.98. The summed E-state index contributed by atoms with van der Waals surface area (Å²) in [5, 5.41) is 41.0. The molecule has 2 fully saturated rings. The second-order valence-corrected chi connectivity index (χ2v) is 8.60. The van der Waals surface area contributed by atoms with Gasteiger partial charge in [0, 0.05) is 7.05 Å². The number of rotatable bonds is 6. The van der Waals surface area contributed by atoms with Gasteiger partial charge in [-0.3, -0.25) is 9.69 Å². The lowest BCUT2D eigenvalue weighted by Gasteiger charge is -2.40. The molecule has 1 aromatic carbocycles. The smallest absolute Gasteiger partial charge is 0.328 e. The third-order valence-corrected chi connectivity index (χ3v) is 6.09. The van der Waals surface area contributed by atoms with Crippen LogP contribution in [0.15, 0.2) is 34.9 Å². The van der Waals surface area contributed by atoms with E-state index in [9.17, 15) is 33.3 Å². The molecule has 170 valence electrons. The molecule has 14 heteroatoms. The van der Waals surface area contributed by atoms with Crippen LogP contribution in [-0.4, -0.2) is 90.0 Å². The van der Waals surface area contributed by atoms with Crippen molar-refractivity contribution in [2.45, 2.75) is 35.5 Å². The number of benzene rings is 1. The molecule has 0 saturated carbocycles. The number of aliphatic hydroxyl groups excluding tert-OH is 4. The zero-order valence-corrected chi connectivity index (χ0v) is 17.0. The highest BCUT2D eigenvalue weighted by Crippen LogP contribution is 2.20. The molecule has 0 aliphatic carbocycles. The van der Waals surface area contributed by atoms with Gasteiger partial charge in [0.05, 0.1) is 11.5 Å². The largest absolute Gasteiger partial charge is 0.394 e. The molecule has 1 aromatic rings. The predicted octanol–water partition coefficient (Wildman–Crippen LogP) is -3.21. The minimum absolute atomic E-state index is 0.0468. The van der Waals surface area contributed by atoms with Gasteiger partial charge in [0.15, 0.2) is 6.23 Å². The Morgan fingerprint density at radius 2 is 1.77 bits per heavy atom. The van der Waals surface area contributed by atoms with Crippen molar-refractivity contribution < 1.29 is 43.2 Å². The molecule has 0 unspecified atom stereocenters. The molecule has 5 atom stereocenters. The van der Waals surface area contributed by atoms with Crippen molar-refractivity contribution >= 4 is 28.0 Å². The Morgan fingerprint density at radius 1 is 1.13 bits per heavy atom. The van der Waals surface area contributed by atoms with Crippen molar-refractivity contribution in [1.82, 2.24) is 20.5 Å². The number of carbonyl (C=O) groups is 2. The van der Waals surface area contributed by atoms with Crippen LogP contribution in [0.4, 0.5) is 4.79 Å². The summed E-state index contributed by atoms with van der Waals surface area (Å²) in [7, 11) is -2.81. The van der Waals surface area contributed by atoms with Crippen LogP contribution in [-0.2, 0) is 19.6 Å². The first kappa shape index (κ1) is 23.2.